The van der Waals surface area contributed by atoms with E-state index in [2.05, 4.69) is 4.98 Å². The van der Waals surface area contributed by atoms with E-state index in [1.807, 2.05) is 0 Å². The number of carboxylic acid groups (broad SMARTS) is 1. The van der Waals surface area contributed by atoms with Crippen molar-refractivity contribution in [2.24, 2.45) is 5.92 Å². The van der Waals surface area contributed by atoms with Crippen molar-refractivity contribution in [2.75, 3.05) is 13.2 Å². The fraction of sp³-hybridized carbons (Fsp3) is 0.304. The smallest absolute Gasteiger partial charge is 0.417 e. The van der Waals surface area contributed by atoms with Crippen LogP contribution in [-0.2, 0) is 15.7 Å². The second-order valence-electron chi connectivity index (χ2n) is 7.56. The van der Waals surface area contributed by atoms with E-state index in [1.54, 1.807) is 24.3 Å². The Kier molecular flexibility index (Phi) is 6.26. The number of para-hydroxylation sites is 1. The fourth-order valence-electron chi connectivity index (χ4n) is 3.60. The van der Waals surface area contributed by atoms with Gasteiger partial charge in [0.2, 0.25) is 0 Å². The summed E-state index contributed by atoms with van der Waals surface area (Å²) >= 11 is 6.10. The molecule has 0 atom stereocenters. The first-order chi connectivity index (χ1) is 15.2. The van der Waals surface area contributed by atoms with Crippen LogP contribution in [0.2, 0.25) is 5.02 Å². The number of nitrogens with zero attached hydrogens (tertiary/aromatic N) is 1. The molecule has 0 bridgehead atoms. The third kappa shape index (κ3) is 4.81. The van der Waals surface area contributed by atoms with Crippen LogP contribution in [0.1, 0.15) is 18.4 Å². The number of ether oxygens (including phenoxy) is 2. The van der Waals surface area contributed by atoms with Crippen LogP contribution < -0.4 is 4.74 Å². The van der Waals surface area contributed by atoms with Crippen molar-refractivity contribution >= 4 is 28.5 Å². The molecule has 0 unspecified atom stereocenters. The van der Waals surface area contributed by atoms with Crippen LogP contribution >= 0.6 is 11.6 Å². The molecule has 168 valence electrons. The SMILES string of the molecule is O=C(O)C1CC(OCCOc2ccc(-c3cc(C(F)(F)F)c4cccc(Cl)c4n3)cc2)C1. The zero-order valence-corrected chi connectivity index (χ0v) is 17.5. The lowest BCUT2D eigenvalue weighted by Crippen LogP contribution is -2.36. The van der Waals surface area contributed by atoms with Crippen LogP contribution in [0.4, 0.5) is 13.2 Å². The molecule has 1 saturated carbocycles. The second-order valence-corrected chi connectivity index (χ2v) is 7.97. The van der Waals surface area contributed by atoms with Gasteiger partial charge in [-0.05, 0) is 49.2 Å². The average molecular weight is 466 g/mol. The van der Waals surface area contributed by atoms with Crippen molar-refractivity contribution < 1.29 is 32.5 Å². The van der Waals surface area contributed by atoms with Crippen molar-refractivity contribution in [1.29, 1.82) is 0 Å². The Balaban J connectivity index is 1.43. The van der Waals surface area contributed by atoms with E-state index in [0.717, 1.165) is 6.07 Å². The molecule has 1 N–H and O–H groups in total. The number of hydrogen-bond donors (Lipinski definition) is 1. The number of aliphatic carboxylic acids is 1. The molecule has 5 nitrogen and oxygen atoms in total. The number of halogens is 4. The lowest BCUT2D eigenvalue weighted by molar-refractivity contribution is -0.151. The monoisotopic (exact) mass is 465 g/mol. The van der Waals surface area contributed by atoms with Gasteiger partial charge in [0.05, 0.1) is 40.4 Å². The minimum Gasteiger partial charge on any atom is -0.491 e. The number of carboxylic acids is 1. The highest BCUT2D eigenvalue weighted by atomic mass is 35.5. The van der Waals surface area contributed by atoms with Crippen molar-refractivity contribution in [3.8, 4) is 17.0 Å². The average Bonchev–Trinajstić information content (AvgIpc) is 2.71. The highest BCUT2D eigenvalue weighted by Crippen LogP contribution is 2.38. The van der Waals surface area contributed by atoms with Crippen molar-refractivity contribution in [3.05, 3.63) is 59.1 Å². The van der Waals surface area contributed by atoms with Gasteiger partial charge < -0.3 is 14.6 Å². The molecule has 3 aromatic rings. The summed E-state index contributed by atoms with van der Waals surface area (Å²) in [6.07, 6.45) is -3.59. The van der Waals surface area contributed by atoms with Gasteiger partial charge in [-0.25, -0.2) is 4.98 Å². The van der Waals surface area contributed by atoms with E-state index >= 15 is 0 Å². The molecule has 1 heterocycles. The molecule has 2 aromatic carbocycles. The number of aromatic nitrogens is 1. The first-order valence-corrected chi connectivity index (χ1v) is 10.3. The highest BCUT2D eigenvalue weighted by Gasteiger charge is 2.35. The highest BCUT2D eigenvalue weighted by molar-refractivity contribution is 6.35. The first kappa shape index (κ1) is 22.4. The molecule has 1 aliphatic carbocycles. The molecule has 1 fully saturated rings. The minimum atomic E-state index is -4.55. The van der Waals surface area contributed by atoms with Gasteiger partial charge in [0, 0.05) is 10.9 Å². The number of pyridine rings is 1. The van der Waals surface area contributed by atoms with Gasteiger partial charge in [0.1, 0.15) is 12.4 Å². The summed E-state index contributed by atoms with van der Waals surface area (Å²) in [5.74, 6) is -0.596. The maximum atomic E-state index is 13.6. The summed E-state index contributed by atoms with van der Waals surface area (Å²) in [4.78, 5) is 15.1. The molecule has 0 radical (unpaired) electrons. The van der Waals surface area contributed by atoms with E-state index in [0.29, 0.717) is 30.8 Å². The third-order valence-corrected chi connectivity index (χ3v) is 5.70. The van der Waals surface area contributed by atoms with Crippen LogP contribution in [0.5, 0.6) is 5.75 Å². The Morgan fingerprint density at radius 3 is 2.50 bits per heavy atom. The molecule has 0 aliphatic heterocycles. The third-order valence-electron chi connectivity index (χ3n) is 5.40. The quantitative estimate of drug-likeness (QED) is 0.444. The Labute approximate surface area is 186 Å². The molecule has 0 spiro atoms. The van der Waals surface area contributed by atoms with Crippen LogP contribution in [0.3, 0.4) is 0 Å². The molecular weight excluding hydrogens is 447 g/mol. The van der Waals surface area contributed by atoms with E-state index in [1.165, 1.54) is 18.2 Å². The lowest BCUT2D eigenvalue weighted by Gasteiger charge is -2.31. The second kappa shape index (κ2) is 8.96. The van der Waals surface area contributed by atoms with E-state index in [-0.39, 0.29) is 40.2 Å². The summed E-state index contributed by atoms with van der Waals surface area (Å²) in [5.41, 5.74) is -0.0444. The number of carbonyl (C=O) groups is 1. The molecular formula is C23H19ClF3NO4. The summed E-state index contributed by atoms with van der Waals surface area (Å²) in [7, 11) is 0. The number of rotatable bonds is 7. The van der Waals surface area contributed by atoms with Gasteiger partial charge in [0.25, 0.3) is 0 Å². The minimum absolute atomic E-state index is 0.0464. The topological polar surface area (TPSA) is 68.7 Å². The first-order valence-electron chi connectivity index (χ1n) is 9.96. The summed E-state index contributed by atoms with van der Waals surface area (Å²) in [5, 5.41) is 8.95. The van der Waals surface area contributed by atoms with Crippen molar-refractivity contribution in [2.45, 2.75) is 25.1 Å². The molecule has 0 amide bonds. The lowest BCUT2D eigenvalue weighted by atomic mass is 9.82. The number of fused-ring (bicyclic) bond motifs is 1. The predicted molar refractivity (Wildman–Crippen MR) is 113 cm³/mol. The Bertz CT molecular complexity index is 1130. The zero-order valence-electron chi connectivity index (χ0n) is 16.7. The molecule has 32 heavy (non-hydrogen) atoms. The van der Waals surface area contributed by atoms with Gasteiger partial charge in [-0.1, -0.05) is 23.7 Å². The van der Waals surface area contributed by atoms with E-state index in [4.69, 9.17) is 26.2 Å². The van der Waals surface area contributed by atoms with Gasteiger partial charge in [0.15, 0.2) is 0 Å². The van der Waals surface area contributed by atoms with E-state index < -0.39 is 17.7 Å². The van der Waals surface area contributed by atoms with Gasteiger partial charge in [-0.3, -0.25) is 4.79 Å². The van der Waals surface area contributed by atoms with Crippen molar-refractivity contribution in [1.82, 2.24) is 4.98 Å². The van der Waals surface area contributed by atoms with Gasteiger partial charge >= 0.3 is 12.1 Å². The van der Waals surface area contributed by atoms with Crippen LogP contribution in [-0.4, -0.2) is 35.4 Å². The zero-order chi connectivity index (χ0) is 22.9. The number of alkyl halides is 3. The Morgan fingerprint density at radius 1 is 1.12 bits per heavy atom. The number of hydrogen-bond acceptors (Lipinski definition) is 4. The van der Waals surface area contributed by atoms with E-state index in [9.17, 15) is 18.0 Å². The summed E-state index contributed by atoms with van der Waals surface area (Å²) in [6.45, 7) is 0.591. The normalized spacial score (nSPS) is 18.4. The maximum absolute atomic E-state index is 13.6. The van der Waals surface area contributed by atoms with Gasteiger partial charge in [-0.15, -0.1) is 0 Å². The van der Waals surface area contributed by atoms with Crippen LogP contribution in [0, 0.1) is 5.92 Å². The molecule has 0 saturated heterocycles. The fourth-order valence-corrected chi connectivity index (χ4v) is 3.81. The maximum Gasteiger partial charge on any atom is 0.417 e. The van der Waals surface area contributed by atoms with Gasteiger partial charge in [-0.2, -0.15) is 13.2 Å². The molecule has 1 aromatic heterocycles. The largest absolute Gasteiger partial charge is 0.491 e. The van der Waals surface area contributed by atoms with Crippen LogP contribution in [0.15, 0.2) is 48.5 Å². The Hall–Kier alpha value is -2.84. The number of benzene rings is 2. The Morgan fingerprint density at radius 2 is 1.84 bits per heavy atom. The predicted octanol–water partition coefficient (Wildman–Crippen LogP) is 5.83. The molecule has 9 heteroatoms. The summed E-state index contributed by atoms with van der Waals surface area (Å²) in [6, 6.07) is 11.9. The van der Waals surface area contributed by atoms with Crippen molar-refractivity contribution in [3.63, 3.8) is 0 Å². The standard InChI is InChI=1S/C23H19ClF3NO4/c24-19-3-1-2-17-18(23(25,26)27)12-20(28-21(17)19)13-4-6-15(7-5-13)31-8-9-32-16-10-14(11-16)22(29)30/h1-7,12,14,16H,8-11H2,(H,29,30). The molecule has 1 aliphatic rings. The summed E-state index contributed by atoms with van der Waals surface area (Å²) < 4.78 is 51.9. The molecule has 4 rings (SSSR count). The van der Waals surface area contributed by atoms with Crippen LogP contribution in [0.25, 0.3) is 22.2 Å².